The molecule has 268 valence electrons. The Bertz CT molecular complexity index is 2380. The number of aromatic nitrogens is 1. The molecule has 7 aliphatic rings. The van der Waals surface area contributed by atoms with E-state index in [1.807, 2.05) is 24.3 Å². The summed E-state index contributed by atoms with van der Waals surface area (Å²) >= 11 is 0. The van der Waals surface area contributed by atoms with E-state index in [0.29, 0.717) is 75.0 Å². The summed E-state index contributed by atoms with van der Waals surface area (Å²) in [5, 5.41) is 0. The first-order chi connectivity index (χ1) is 25.7. The van der Waals surface area contributed by atoms with Gasteiger partial charge in [-0.25, -0.2) is 26.9 Å². The van der Waals surface area contributed by atoms with Gasteiger partial charge in [0.1, 0.15) is 11.5 Å². The quantitative estimate of drug-likeness (QED) is 0.0625. The van der Waals surface area contributed by atoms with Gasteiger partial charge < -0.3 is 14.0 Å². The van der Waals surface area contributed by atoms with E-state index in [2.05, 4.69) is 0 Å². The molecule has 4 unspecified atom stereocenters. The second kappa shape index (κ2) is 12.4. The van der Waals surface area contributed by atoms with E-state index in [0.717, 1.165) is 0 Å². The molecular weight excluding hydrogens is 696 g/mol. The molecule has 0 saturated carbocycles. The minimum Gasteiger partial charge on any atom is -0.496 e. The highest BCUT2D eigenvalue weighted by Gasteiger charge is 2.47. The summed E-state index contributed by atoms with van der Waals surface area (Å²) in [7, 11) is -0.429. The van der Waals surface area contributed by atoms with E-state index in [-0.39, 0.29) is 40.6 Å². The first kappa shape index (κ1) is 33.6. The summed E-state index contributed by atoms with van der Waals surface area (Å²) in [6, 6.07) is 13.6. The number of allylic oxidation sites excluding steroid dienone is 6. The summed E-state index contributed by atoms with van der Waals surface area (Å²) in [5.41, 5.74) is 1.01. The van der Waals surface area contributed by atoms with Crippen molar-refractivity contribution >= 4 is 18.7 Å². The van der Waals surface area contributed by atoms with Crippen LogP contribution in [0.1, 0.15) is 65.5 Å². The lowest BCUT2D eigenvalue weighted by Crippen LogP contribution is -2.25. The van der Waals surface area contributed by atoms with Crippen LogP contribution in [0.5, 0.6) is 11.5 Å². The summed E-state index contributed by atoms with van der Waals surface area (Å²) in [6.45, 7) is 0. The molecule has 0 saturated heterocycles. The normalized spacial score (nSPS) is 23.0. The minimum atomic E-state index is -3.32. The maximum atomic E-state index is 16.5. The molecule has 6 aliphatic carbocycles. The van der Waals surface area contributed by atoms with Gasteiger partial charge in [-0.1, -0.05) is 48.6 Å². The third-order valence-corrected chi connectivity index (χ3v) is 11.4. The Morgan fingerprint density at radius 3 is 1.70 bits per heavy atom. The first-order valence-electron chi connectivity index (χ1n) is 17.5. The summed E-state index contributed by atoms with van der Waals surface area (Å²) in [4.78, 5) is 5.03. The van der Waals surface area contributed by atoms with Crippen molar-refractivity contribution in [1.82, 2.24) is 4.48 Å². The van der Waals surface area contributed by atoms with Crippen molar-refractivity contribution in [2.75, 3.05) is 14.2 Å². The third kappa shape index (κ3) is 4.72. The number of halogens is 7. The summed E-state index contributed by atoms with van der Waals surface area (Å²) in [6.07, 6.45) is 10.2. The number of para-hydroxylation sites is 2. The first-order valence-corrected chi connectivity index (χ1v) is 17.5. The molecule has 4 aromatic rings. The zero-order chi connectivity index (χ0) is 36.9. The van der Waals surface area contributed by atoms with Crippen molar-refractivity contribution in [3.8, 4) is 22.8 Å². The molecule has 53 heavy (non-hydrogen) atoms. The van der Waals surface area contributed by atoms with Crippen LogP contribution in [-0.4, -0.2) is 31.8 Å². The Labute approximate surface area is 300 Å². The van der Waals surface area contributed by atoms with E-state index < -0.39 is 53.5 Å². The molecule has 4 bridgehead atoms. The Balaban J connectivity index is 1.50. The number of nitrogens with zero attached hydrogens (tertiary/aromatic N) is 2. The third-order valence-electron chi connectivity index (χ3n) is 11.4. The van der Waals surface area contributed by atoms with Gasteiger partial charge in [0.15, 0.2) is 23.3 Å². The van der Waals surface area contributed by atoms with Crippen molar-refractivity contribution in [2.24, 2.45) is 16.8 Å². The molecule has 4 nitrogen and oxygen atoms in total. The van der Waals surface area contributed by atoms with E-state index >= 15 is 26.2 Å². The predicted octanol–water partition coefficient (Wildman–Crippen LogP) is 10.3. The highest BCUT2D eigenvalue weighted by atomic mass is 19.2. The predicted molar refractivity (Wildman–Crippen MR) is 188 cm³/mol. The number of ether oxygens (including phenoxy) is 2. The number of hydrogen-bond acceptors (Lipinski definition) is 3. The molecular formula is C41H30BF7N2O2. The number of fused-ring (bicyclic) bond motifs is 2. The molecule has 4 atom stereocenters. The van der Waals surface area contributed by atoms with Crippen LogP contribution in [0.3, 0.4) is 0 Å². The second-order valence-corrected chi connectivity index (χ2v) is 13.9. The Morgan fingerprint density at radius 1 is 0.642 bits per heavy atom. The summed E-state index contributed by atoms with van der Waals surface area (Å²) < 4.78 is 123. The van der Waals surface area contributed by atoms with Crippen LogP contribution < -0.4 is 9.47 Å². The van der Waals surface area contributed by atoms with Crippen molar-refractivity contribution in [3.63, 3.8) is 0 Å². The Kier molecular flexibility index (Phi) is 7.87. The van der Waals surface area contributed by atoms with E-state index in [4.69, 9.17) is 14.5 Å². The SMILES string of the molecule is COc1ccccc1C1=N/C(=C(/c2c(F)c(F)c(F)c(F)c2F)c2c3c(c(-c4ccccc4OC)n2B(F)F)C2C=CC3CC2)C2=C1C1C=CC2CC1. The van der Waals surface area contributed by atoms with Crippen LogP contribution in [-0.2, 0) is 0 Å². The molecule has 1 aromatic heterocycles. The fourth-order valence-electron chi connectivity index (χ4n) is 9.19. The second-order valence-electron chi connectivity index (χ2n) is 13.9. The molecule has 3 aromatic carbocycles. The molecule has 0 spiro atoms. The van der Waals surface area contributed by atoms with Crippen molar-refractivity contribution in [3.05, 3.63) is 147 Å². The molecule has 0 radical (unpaired) electrons. The number of methoxy groups -OCH3 is 2. The number of benzene rings is 3. The van der Waals surface area contributed by atoms with Crippen LogP contribution in [0, 0.1) is 40.9 Å². The monoisotopic (exact) mass is 726 g/mol. The maximum absolute atomic E-state index is 16.5. The Hall–Kier alpha value is -5.26. The molecule has 11 rings (SSSR count). The van der Waals surface area contributed by atoms with Gasteiger partial charge in [0.05, 0.1) is 31.2 Å². The molecule has 2 heterocycles. The lowest BCUT2D eigenvalue weighted by atomic mass is 9.68. The lowest BCUT2D eigenvalue weighted by molar-refractivity contribution is 0.376. The van der Waals surface area contributed by atoms with Crippen LogP contribution in [0.4, 0.5) is 30.6 Å². The van der Waals surface area contributed by atoms with Crippen LogP contribution in [0.2, 0.25) is 0 Å². The molecule has 0 N–H and O–H groups in total. The smallest absolute Gasteiger partial charge is 0.496 e. The van der Waals surface area contributed by atoms with Crippen molar-refractivity contribution in [2.45, 2.75) is 37.5 Å². The van der Waals surface area contributed by atoms with Crippen molar-refractivity contribution in [1.29, 1.82) is 0 Å². The van der Waals surface area contributed by atoms with Gasteiger partial charge in [0.2, 0.25) is 5.82 Å². The Morgan fingerprint density at radius 2 is 1.13 bits per heavy atom. The van der Waals surface area contributed by atoms with Crippen LogP contribution in [0.15, 0.2) is 94.7 Å². The van der Waals surface area contributed by atoms with Crippen LogP contribution >= 0.6 is 0 Å². The zero-order valence-electron chi connectivity index (χ0n) is 28.5. The number of hydrogen-bond donors (Lipinski definition) is 0. The highest BCUT2D eigenvalue weighted by Crippen LogP contribution is 2.58. The van der Waals surface area contributed by atoms with Gasteiger partial charge in [0, 0.05) is 51.8 Å². The standard InChI is InChI=1S/C41H30BF7N2O2/c1-52-25-9-5-3-7-23(25)38-27-19-11-13-20(14-12-19)28(27)39(50-38)32(31-33(43)35(45)37(47)36(46)34(31)44)41-30-22-17-15-21(16-18-22)29(30)40(51(41)42(48)49)24-8-4-6-10-26(24)53-2/h3-11,13,15,17,19-22H,12,14,16,18H2,1-2H3/b39-32-. The minimum absolute atomic E-state index is 0.0506. The number of rotatable bonds is 7. The van der Waals surface area contributed by atoms with E-state index in [1.165, 1.54) is 14.2 Å². The zero-order valence-corrected chi connectivity index (χ0v) is 28.5. The average Bonchev–Trinajstić information content (AvgIpc) is 3.79. The molecule has 0 fully saturated rings. The van der Waals surface area contributed by atoms with Gasteiger partial charge in [-0.2, -0.15) is 0 Å². The highest BCUT2D eigenvalue weighted by molar-refractivity contribution is 6.42. The number of aliphatic imine (C=N–C) groups is 1. The van der Waals surface area contributed by atoms with E-state index in [1.54, 1.807) is 48.5 Å². The van der Waals surface area contributed by atoms with Gasteiger partial charge >= 0.3 is 7.40 Å². The fourth-order valence-corrected chi connectivity index (χ4v) is 9.19. The molecule has 0 amide bonds. The fraction of sp³-hybridized carbons (Fsp3) is 0.244. The topological polar surface area (TPSA) is 35.8 Å². The molecule has 1 aliphatic heterocycles. The average molecular weight is 727 g/mol. The van der Waals surface area contributed by atoms with Gasteiger partial charge in [-0.05, 0) is 72.2 Å². The summed E-state index contributed by atoms with van der Waals surface area (Å²) in [5.74, 6) is -11.7. The lowest BCUT2D eigenvalue weighted by Gasteiger charge is -2.35. The van der Waals surface area contributed by atoms with Gasteiger partial charge in [0.25, 0.3) is 0 Å². The van der Waals surface area contributed by atoms with E-state index in [9.17, 15) is 4.39 Å². The van der Waals surface area contributed by atoms with Gasteiger partial charge in [-0.15, -0.1) is 0 Å². The largest absolute Gasteiger partial charge is 0.678 e. The van der Waals surface area contributed by atoms with Crippen LogP contribution in [0.25, 0.3) is 16.8 Å². The van der Waals surface area contributed by atoms with Crippen molar-refractivity contribution < 1.29 is 40.1 Å². The van der Waals surface area contributed by atoms with Gasteiger partial charge in [-0.3, -0.25) is 8.63 Å². The maximum Gasteiger partial charge on any atom is 0.678 e. The molecule has 12 heteroatoms.